The zero-order chi connectivity index (χ0) is 38.7. The highest BCUT2D eigenvalue weighted by Crippen LogP contribution is 2.74. The second kappa shape index (κ2) is 12.3. The van der Waals surface area contributed by atoms with E-state index in [-0.39, 0.29) is 21.7 Å². The highest BCUT2D eigenvalue weighted by atomic mass is 32.2. The van der Waals surface area contributed by atoms with Gasteiger partial charge in [0.15, 0.2) is 0 Å². The van der Waals surface area contributed by atoms with E-state index in [1.165, 1.54) is 74.8 Å². The van der Waals surface area contributed by atoms with Gasteiger partial charge in [0, 0.05) is 36.8 Å². The summed E-state index contributed by atoms with van der Waals surface area (Å²) in [7, 11) is -0.936. The molecule has 0 saturated carbocycles. The predicted octanol–water partition coefficient (Wildman–Crippen LogP) is 14.9. The number of aldehydes is 1. The molecule has 6 aromatic rings. The Kier molecular flexibility index (Phi) is 8.38. The molecule has 278 valence electrons. The van der Waals surface area contributed by atoms with E-state index in [9.17, 15) is 4.79 Å². The van der Waals surface area contributed by atoms with Crippen molar-refractivity contribution in [3.63, 3.8) is 0 Å². The van der Waals surface area contributed by atoms with Gasteiger partial charge in [-0.25, -0.2) is 0 Å². The Balaban J connectivity index is 1.53. The summed E-state index contributed by atoms with van der Waals surface area (Å²) in [6.07, 6.45) is 0.932. The third-order valence-electron chi connectivity index (χ3n) is 11.2. The van der Waals surface area contributed by atoms with E-state index in [4.69, 9.17) is 0 Å². The number of hydrogen-bond acceptors (Lipinski definition) is 4. The van der Waals surface area contributed by atoms with Crippen LogP contribution in [0.4, 0.5) is 34.1 Å². The van der Waals surface area contributed by atoms with Crippen molar-refractivity contribution in [3.05, 3.63) is 125 Å². The van der Waals surface area contributed by atoms with E-state index < -0.39 is 10.9 Å². The van der Waals surface area contributed by atoms with Crippen LogP contribution in [-0.2, 0) is 21.7 Å². The molecule has 0 bridgehead atoms. The molecule has 5 aromatic carbocycles. The third-order valence-corrected chi connectivity index (χ3v) is 15.3. The van der Waals surface area contributed by atoms with Crippen LogP contribution >= 0.6 is 22.2 Å². The van der Waals surface area contributed by atoms with Gasteiger partial charge in [0.05, 0.1) is 27.0 Å². The van der Waals surface area contributed by atoms with Gasteiger partial charge in [-0.3, -0.25) is 4.79 Å². The standard InChI is InChI=1S/C49H54N2OS2/c1-46(2,3)31-15-21-36(22-16-31)51-40-27-34(49(10,11)12)26-39-44(40)54(45-43(51)37-25-32(47(4,5)6)18-24-41(37)53-45)42-28-33(48(7,8)9)17-23-38(42)50(39)35-19-13-30(29-52)14-20-35/h13-29,54H,1-12H3. The fourth-order valence-electron chi connectivity index (χ4n) is 7.81. The van der Waals surface area contributed by atoms with Gasteiger partial charge in [-0.05, 0) is 117 Å². The smallest absolute Gasteiger partial charge is 0.150 e. The molecule has 8 rings (SSSR count). The van der Waals surface area contributed by atoms with Crippen molar-refractivity contribution in [1.29, 1.82) is 0 Å². The van der Waals surface area contributed by atoms with Crippen LogP contribution in [-0.4, -0.2) is 6.29 Å². The Morgan fingerprint density at radius 3 is 1.59 bits per heavy atom. The van der Waals surface area contributed by atoms with Crippen molar-refractivity contribution >= 4 is 72.7 Å². The number of hydrogen-bond donors (Lipinski definition) is 1. The molecule has 54 heavy (non-hydrogen) atoms. The van der Waals surface area contributed by atoms with Crippen molar-refractivity contribution in [2.75, 3.05) is 9.80 Å². The third kappa shape index (κ3) is 5.99. The van der Waals surface area contributed by atoms with Gasteiger partial charge in [0.1, 0.15) is 6.29 Å². The maximum absolute atomic E-state index is 11.8. The molecule has 2 aliphatic rings. The Hall–Kier alpha value is -4.32. The van der Waals surface area contributed by atoms with Gasteiger partial charge in [-0.15, -0.1) is 11.3 Å². The molecule has 1 unspecified atom stereocenters. The number of anilines is 6. The van der Waals surface area contributed by atoms with Gasteiger partial charge in [-0.1, -0.05) is 107 Å². The quantitative estimate of drug-likeness (QED) is 0.144. The monoisotopic (exact) mass is 750 g/mol. The van der Waals surface area contributed by atoms with Crippen molar-refractivity contribution < 1.29 is 4.79 Å². The van der Waals surface area contributed by atoms with E-state index in [1.54, 1.807) is 0 Å². The minimum absolute atomic E-state index is 0.0127. The van der Waals surface area contributed by atoms with E-state index in [1.807, 2.05) is 23.5 Å². The first-order chi connectivity index (χ1) is 25.3. The molecule has 0 fully saturated rings. The second-order valence-electron chi connectivity index (χ2n) is 19.3. The number of nitrogens with zero attached hydrogens (tertiary/aromatic N) is 2. The molecule has 0 saturated heterocycles. The molecule has 0 amide bonds. The van der Waals surface area contributed by atoms with Crippen LogP contribution in [0.25, 0.3) is 10.1 Å². The number of rotatable bonds is 3. The highest BCUT2D eigenvalue weighted by Gasteiger charge is 2.43. The van der Waals surface area contributed by atoms with E-state index in [2.05, 4.69) is 178 Å². The largest absolute Gasteiger partial charge is 0.308 e. The average Bonchev–Trinajstić information content (AvgIpc) is 3.48. The van der Waals surface area contributed by atoms with Crippen molar-refractivity contribution in [2.24, 2.45) is 0 Å². The molecular formula is C49H54N2OS2. The van der Waals surface area contributed by atoms with Crippen LogP contribution in [0.2, 0.25) is 0 Å². The van der Waals surface area contributed by atoms with Gasteiger partial charge in [-0.2, -0.15) is 10.9 Å². The van der Waals surface area contributed by atoms with Crippen LogP contribution in [0.3, 0.4) is 0 Å². The molecule has 3 heterocycles. The van der Waals surface area contributed by atoms with Crippen LogP contribution in [0, 0.1) is 0 Å². The Morgan fingerprint density at radius 2 is 1.02 bits per heavy atom. The SMILES string of the molecule is CC(C)(C)c1ccc(N2c3cc(C(C)(C)C)cc4c3[SH](c3cc(C(C)(C)C)ccc3N4c3ccc(C=O)cc3)c3sc4ccc(C(C)(C)C)cc4c32)cc1. The fourth-order valence-corrected chi connectivity index (χ4v) is 12.5. The lowest BCUT2D eigenvalue weighted by molar-refractivity contribution is 0.112. The van der Waals surface area contributed by atoms with Crippen molar-refractivity contribution in [3.8, 4) is 0 Å². The highest BCUT2D eigenvalue weighted by molar-refractivity contribution is 8.19. The second-order valence-corrected chi connectivity index (χ2v) is 22.7. The molecule has 3 nitrogen and oxygen atoms in total. The number of benzene rings is 5. The summed E-state index contributed by atoms with van der Waals surface area (Å²) in [6, 6.07) is 36.8. The summed E-state index contributed by atoms with van der Waals surface area (Å²) in [5.41, 5.74) is 13.3. The molecule has 0 radical (unpaired) electrons. The van der Waals surface area contributed by atoms with Crippen molar-refractivity contribution in [1.82, 2.24) is 0 Å². The summed E-state index contributed by atoms with van der Waals surface area (Å²) >= 11 is 1.98. The molecule has 0 N–H and O–H groups in total. The first kappa shape index (κ1) is 36.6. The zero-order valence-electron chi connectivity index (χ0n) is 34.0. The summed E-state index contributed by atoms with van der Waals surface area (Å²) in [6.45, 7) is 27.8. The lowest BCUT2D eigenvalue weighted by atomic mass is 9.85. The Bertz CT molecular complexity index is 2440. The number of thiophene rings is 1. The molecule has 5 heteroatoms. The van der Waals surface area contributed by atoms with Gasteiger partial charge in [0.2, 0.25) is 0 Å². The summed E-state index contributed by atoms with van der Waals surface area (Å²) < 4.78 is 2.78. The minimum Gasteiger partial charge on any atom is -0.308 e. The summed E-state index contributed by atoms with van der Waals surface area (Å²) in [5, 5.41) is 1.33. The maximum Gasteiger partial charge on any atom is 0.150 e. The topological polar surface area (TPSA) is 23.6 Å². The average molecular weight is 751 g/mol. The molecular weight excluding hydrogens is 697 g/mol. The lowest BCUT2D eigenvalue weighted by Gasteiger charge is -2.46. The Morgan fingerprint density at radius 1 is 0.519 bits per heavy atom. The Labute approximate surface area is 329 Å². The van der Waals surface area contributed by atoms with Crippen LogP contribution in [0.5, 0.6) is 0 Å². The fraction of sp³-hybridized carbons (Fsp3) is 0.327. The number of fused-ring (bicyclic) bond motifs is 6. The number of carbonyl (C=O) groups is 1. The first-order valence-electron chi connectivity index (χ1n) is 19.2. The maximum atomic E-state index is 11.8. The lowest BCUT2D eigenvalue weighted by Crippen LogP contribution is -2.25. The van der Waals surface area contributed by atoms with Crippen LogP contribution in [0.1, 0.15) is 116 Å². The zero-order valence-corrected chi connectivity index (χ0v) is 35.7. The van der Waals surface area contributed by atoms with Crippen LogP contribution in [0.15, 0.2) is 111 Å². The molecule has 2 aliphatic heterocycles. The van der Waals surface area contributed by atoms with Crippen molar-refractivity contribution in [2.45, 2.75) is 119 Å². The van der Waals surface area contributed by atoms with Crippen LogP contribution < -0.4 is 9.80 Å². The molecule has 1 aromatic heterocycles. The van der Waals surface area contributed by atoms with Gasteiger partial charge < -0.3 is 9.80 Å². The van der Waals surface area contributed by atoms with Gasteiger partial charge in [0.25, 0.3) is 0 Å². The number of thiol groups is 1. The summed E-state index contributed by atoms with van der Waals surface area (Å²) in [4.78, 5) is 19.7. The number of carbonyl (C=O) groups excluding carboxylic acids is 1. The molecule has 1 atom stereocenters. The predicted molar refractivity (Wildman–Crippen MR) is 235 cm³/mol. The molecule has 0 spiro atoms. The molecule has 0 aliphatic carbocycles. The minimum atomic E-state index is -0.936. The van der Waals surface area contributed by atoms with E-state index in [0.717, 1.165) is 12.0 Å². The van der Waals surface area contributed by atoms with E-state index >= 15 is 0 Å². The summed E-state index contributed by atoms with van der Waals surface area (Å²) in [5.74, 6) is 0. The normalized spacial score (nSPS) is 16.3. The van der Waals surface area contributed by atoms with E-state index in [0.29, 0.717) is 5.56 Å². The first-order valence-corrected chi connectivity index (χ1v) is 21.4. The van der Waals surface area contributed by atoms with Gasteiger partial charge >= 0.3 is 0 Å².